The molecular formula is C23H26F3N3O4S. The van der Waals surface area contributed by atoms with Gasteiger partial charge in [0.25, 0.3) is 5.91 Å². The van der Waals surface area contributed by atoms with Crippen LogP contribution in [-0.4, -0.2) is 44.6 Å². The number of carbonyl (C=O) groups is 2. The van der Waals surface area contributed by atoms with Gasteiger partial charge in [-0.05, 0) is 55.5 Å². The zero-order chi connectivity index (χ0) is 24.9. The molecule has 2 amide bonds. The quantitative estimate of drug-likeness (QED) is 0.543. The van der Waals surface area contributed by atoms with E-state index in [1.165, 1.54) is 18.2 Å². The van der Waals surface area contributed by atoms with Crippen LogP contribution >= 0.6 is 0 Å². The summed E-state index contributed by atoms with van der Waals surface area (Å²) < 4.78 is 63.9. The number of carbonyl (C=O) groups excluding carboxylic acids is 2. The maximum Gasteiger partial charge on any atom is 0.416 e. The van der Waals surface area contributed by atoms with Gasteiger partial charge in [-0.2, -0.15) is 13.2 Å². The molecule has 11 heteroatoms. The Morgan fingerprint density at radius 2 is 1.74 bits per heavy atom. The third kappa shape index (κ3) is 6.80. The number of hydrogen-bond donors (Lipinski definition) is 3. The third-order valence-corrected chi connectivity index (χ3v) is 7.66. The van der Waals surface area contributed by atoms with Gasteiger partial charge in [-0.15, -0.1) is 0 Å². The maximum atomic E-state index is 12.8. The van der Waals surface area contributed by atoms with Gasteiger partial charge < -0.3 is 16.4 Å². The number of amides is 2. The van der Waals surface area contributed by atoms with E-state index in [0.717, 1.165) is 12.1 Å². The highest BCUT2D eigenvalue weighted by Crippen LogP contribution is 2.29. The van der Waals surface area contributed by atoms with Gasteiger partial charge >= 0.3 is 6.18 Å². The molecule has 0 aromatic heterocycles. The van der Waals surface area contributed by atoms with Crippen molar-refractivity contribution in [3.05, 3.63) is 65.7 Å². The normalized spacial score (nSPS) is 21.0. The number of benzene rings is 2. The van der Waals surface area contributed by atoms with E-state index >= 15 is 0 Å². The minimum Gasteiger partial charge on any atom is -0.352 e. The van der Waals surface area contributed by atoms with Crippen LogP contribution in [0.1, 0.15) is 35.2 Å². The van der Waals surface area contributed by atoms with E-state index in [-0.39, 0.29) is 34.2 Å². The van der Waals surface area contributed by atoms with Crippen LogP contribution in [0.15, 0.2) is 59.5 Å². The molecule has 3 atom stereocenters. The summed E-state index contributed by atoms with van der Waals surface area (Å²) in [6, 6.07) is 11.3. The van der Waals surface area contributed by atoms with Crippen molar-refractivity contribution >= 4 is 21.7 Å². The fraction of sp³-hybridized carbons (Fsp3) is 0.391. The van der Waals surface area contributed by atoms with Crippen LogP contribution in [0, 0.1) is 5.92 Å². The summed E-state index contributed by atoms with van der Waals surface area (Å²) in [5.41, 5.74) is 4.98. The molecule has 0 unspecified atom stereocenters. The van der Waals surface area contributed by atoms with E-state index < -0.39 is 39.9 Å². The van der Waals surface area contributed by atoms with Gasteiger partial charge in [-0.25, -0.2) is 8.42 Å². The monoisotopic (exact) mass is 497 g/mol. The van der Waals surface area contributed by atoms with Crippen LogP contribution in [0.5, 0.6) is 0 Å². The molecule has 0 saturated heterocycles. The number of halogens is 3. The second-order valence-electron chi connectivity index (χ2n) is 8.36. The van der Waals surface area contributed by atoms with E-state index in [1.54, 1.807) is 18.2 Å². The molecule has 1 aliphatic carbocycles. The summed E-state index contributed by atoms with van der Waals surface area (Å²) in [6.07, 6.45) is -3.15. The molecule has 0 radical (unpaired) electrons. The number of rotatable bonds is 7. The maximum absolute atomic E-state index is 12.8. The Hall–Kier alpha value is -2.92. The summed E-state index contributed by atoms with van der Waals surface area (Å²) in [4.78, 5) is 24.7. The zero-order valence-corrected chi connectivity index (χ0v) is 19.0. The highest BCUT2D eigenvalue weighted by molar-refractivity contribution is 7.91. The van der Waals surface area contributed by atoms with E-state index in [2.05, 4.69) is 10.6 Å². The smallest absolute Gasteiger partial charge is 0.352 e. The van der Waals surface area contributed by atoms with E-state index in [9.17, 15) is 31.2 Å². The van der Waals surface area contributed by atoms with Crippen molar-refractivity contribution < 1.29 is 31.2 Å². The fourth-order valence-corrected chi connectivity index (χ4v) is 5.71. The van der Waals surface area contributed by atoms with Crippen LogP contribution < -0.4 is 16.4 Å². The minimum absolute atomic E-state index is 0.142. The van der Waals surface area contributed by atoms with Gasteiger partial charge in [0, 0.05) is 17.6 Å². The van der Waals surface area contributed by atoms with Gasteiger partial charge in [0.1, 0.15) is 0 Å². The first-order valence-electron chi connectivity index (χ1n) is 10.7. The van der Waals surface area contributed by atoms with E-state index in [4.69, 9.17) is 5.73 Å². The number of nitrogens with two attached hydrogens (primary N) is 1. The topological polar surface area (TPSA) is 118 Å². The van der Waals surface area contributed by atoms with Crippen molar-refractivity contribution in [2.75, 3.05) is 12.3 Å². The SMILES string of the molecule is N[C@@H]1CC[C@H](NC(=O)CNC(=O)c2cccc(C(F)(F)F)c2)C[C@H]1CS(=O)(=O)c1ccccc1. The number of alkyl halides is 3. The Labute approximate surface area is 195 Å². The Kier molecular flexibility index (Phi) is 7.98. The van der Waals surface area contributed by atoms with E-state index in [0.29, 0.717) is 25.3 Å². The Morgan fingerprint density at radius 1 is 1.03 bits per heavy atom. The second-order valence-corrected chi connectivity index (χ2v) is 10.4. The summed E-state index contributed by atoms with van der Waals surface area (Å²) in [7, 11) is -3.54. The van der Waals surface area contributed by atoms with Crippen LogP contribution in [0.25, 0.3) is 0 Å². The van der Waals surface area contributed by atoms with Crippen LogP contribution in [-0.2, 0) is 20.8 Å². The van der Waals surface area contributed by atoms with Crippen LogP contribution in [0.2, 0.25) is 0 Å². The van der Waals surface area contributed by atoms with Gasteiger partial charge in [-0.3, -0.25) is 9.59 Å². The van der Waals surface area contributed by atoms with Crippen LogP contribution in [0.4, 0.5) is 13.2 Å². The first-order valence-corrected chi connectivity index (χ1v) is 12.4. The molecule has 1 aliphatic rings. The summed E-state index contributed by atoms with van der Waals surface area (Å²) >= 11 is 0. The third-order valence-electron chi connectivity index (χ3n) is 5.80. The molecule has 0 spiro atoms. The molecule has 0 bridgehead atoms. The molecule has 2 aromatic rings. The lowest BCUT2D eigenvalue weighted by Gasteiger charge is -2.34. The largest absolute Gasteiger partial charge is 0.416 e. The second kappa shape index (κ2) is 10.6. The Balaban J connectivity index is 1.53. The highest BCUT2D eigenvalue weighted by atomic mass is 32.2. The predicted molar refractivity (Wildman–Crippen MR) is 120 cm³/mol. The van der Waals surface area contributed by atoms with Crippen molar-refractivity contribution in [3.8, 4) is 0 Å². The first kappa shape index (κ1) is 25.7. The predicted octanol–water partition coefficient (Wildman–Crippen LogP) is 2.52. The molecule has 7 nitrogen and oxygen atoms in total. The van der Waals surface area contributed by atoms with Gasteiger partial charge in [-0.1, -0.05) is 24.3 Å². The van der Waals surface area contributed by atoms with Crippen molar-refractivity contribution in [2.24, 2.45) is 11.7 Å². The minimum atomic E-state index is -4.58. The van der Waals surface area contributed by atoms with Gasteiger partial charge in [0.05, 0.1) is 22.8 Å². The van der Waals surface area contributed by atoms with Crippen molar-refractivity contribution in [1.29, 1.82) is 0 Å². The molecule has 184 valence electrons. The average molecular weight is 498 g/mol. The van der Waals surface area contributed by atoms with Crippen molar-refractivity contribution in [1.82, 2.24) is 10.6 Å². The first-order chi connectivity index (χ1) is 16.0. The average Bonchev–Trinajstić information content (AvgIpc) is 2.79. The lowest BCUT2D eigenvalue weighted by Crippen LogP contribution is -2.49. The van der Waals surface area contributed by atoms with Crippen molar-refractivity contribution in [2.45, 2.75) is 42.4 Å². The zero-order valence-electron chi connectivity index (χ0n) is 18.2. The van der Waals surface area contributed by atoms with Gasteiger partial charge in [0.15, 0.2) is 9.84 Å². The highest BCUT2D eigenvalue weighted by Gasteiger charge is 2.33. The molecular weight excluding hydrogens is 471 g/mol. The standard InChI is InChI=1S/C23H26F3N3O4S/c24-23(25,26)17-6-4-5-15(11-17)22(31)28-13-21(30)29-18-9-10-20(27)16(12-18)14-34(32,33)19-7-2-1-3-8-19/h1-8,11,16,18,20H,9-10,12-14,27H2,(H,28,31)(H,29,30)/t16-,18-,20+/m0/s1. The molecule has 4 N–H and O–H groups in total. The molecule has 0 heterocycles. The molecule has 1 fully saturated rings. The number of sulfone groups is 1. The summed E-state index contributed by atoms with van der Waals surface area (Å²) in [5.74, 6) is -1.83. The van der Waals surface area contributed by atoms with Crippen LogP contribution in [0.3, 0.4) is 0 Å². The number of nitrogens with one attached hydrogen (secondary N) is 2. The lowest BCUT2D eigenvalue weighted by atomic mass is 9.83. The molecule has 2 aromatic carbocycles. The molecule has 34 heavy (non-hydrogen) atoms. The van der Waals surface area contributed by atoms with Gasteiger partial charge in [0.2, 0.25) is 5.91 Å². The Morgan fingerprint density at radius 3 is 2.41 bits per heavy atom. The Bertz CT molecular complexity index is 1120. The van der Waals surface area contributed by atoms with Crippen molar-refractivity contribution in [3.63, 3.8) is 0 Å². The fourth-order valence-electron chi connectivity index (χ4n) is 3.99. The molecule has 1 saturated carbocycles. The molecule has 3 rings (SSSR count). The molecule has 0 aliphatic heterocycles. The van der Waals surface area contributed by atoms with E-state index in [1.807, 2.05) is 0 Å². The summed E-state index contributed by atoms with van der Waals surface area (Å²) in [6.45, 7) is -0.426. The number of hydrogen-bond acceptors (Lipinski definition) is 5. The summed E-state index contributed by atoms with van der Waals surface area (Å²) in [5, 5.41) is 5.06. The lowest BCUT2D eigenvalue weighted by molar-refractivity contribution is -0.137.